The van der Waals surface area contributed by atoms with Gasteiger partial charge in [0.2, 0.25) is 5.75 Å². The summed E-state index contributed by atoms with van der Waals surface area (Å²) in [5.74, 6) is 0.819. The van der Waals surface area contributed by atoms with Gasteiger partial charge < -0.3 is 4.74 Å². The third-order valence-corrected chi connectivity index (χ3v) is 4.47. The van der Waals surface area contributed by atoms with Gasteiger partial charge in [-0.2, -0.15) is 4.68 Å². The van der Waals surface area contributed by atoms with Gasteiger partial charge in [-0.3, -0.25) is 0 Å². The largest absolute Gasteiger partial charge is 0.489 e. The van der Waals surface area contributed by atoms with E-state index < -0.39 is 10.2 Å². The van der Waals surface area contributed by atoms with Gasteiger partial charge in [0.05, 0.1) is 19.7 Å². The van der Waals surface area contributed by atoms with E-state index in [9.17, 15) is 0 Å². The zero-order chi connectivity index (χ0) is 21.1. The van der Waals surface area contributed by atoms with E-state index in [2.05, 4.69) is 9.36 Å². The standard InChI is InChI=1S/C18H17Cl2N2O.ClHO4/c1-21-16(12-4-8-14(19)9-5-12)18(23-3)17(22(21)2)13-6-10-15(20)11-7-13;2-1(3,4)5/h4-11H,1-3H3;(H,2,3,4,5)/q+1;/p-1. The molecule has 0 radical (unpaired) electrons. The highest BCUT2D eigenvalue weighted by Crippen LogP contribution is 2.37. The summed E-state index contributed by atoms with van der Waals surface area (Å²) in [6, 6.07) is 15.5. The van der Waals surface area contributed by atoms with Crippen LogP contribution in [0.4, 0.5) is 0 Å². The lowest BCUT2D eigenvalue weighted by Crippen LogP contribution is -2.68. The first-order valence-electron chi connectivity index (χ1n) is 7.79. The first-order valence-corrected chi connectivity index (χ1v) is 9.78. The van der Waals surface area contributed by atoms with E-state index in [1.165, 1.54) is 0 Å². The summed E-state index contributed by atoms with van der Waals surface area (Å²) in [5.41, 5.74) is 4.09. The van der Waals surface area contributed by atoms with E-state index in [1.807, 2.05) is 62.6 Å². The van der Waals surface area contributed by atoms with E-state index in [0.717, 1.165) is 28.3 Å². The Balaban J connectivity index is 0.000000500. The molecule has 1 heterocycles. The molecule has 28 heavy (non-hydrogen) atoms. The fraction of sp³-hybridized carbons (Fsp3) is 0.167. The van der Waals surface area contributed by atoms with Crippen molar-refractivity contribution in [3.05, 3.63) is 58.6 Å². The van der Waals surface area contributed by atoms with Crippen LogP contribution < -0.4 is 28.1 Å². The zero-order valence-electron chi connectivity index (χ0n) is 15.2. The van der Waals surface area contributed by atoms with Gasteiger partial charge in [0.1, 0.15) is 0 Å². The maximum absolute atomic E-state index is 8.49. The predicted octanol–water partition coefficient (Wildman–Crippen LogP) is -0.257. The molecule has 0 unspecified atom stereocenters. The van der Waals surface area contributed by atoms with Crippen LogP contribution in [0, 0.1) is 10.2 Å². The molecule has 3 rings (SSSR count). The molecule has 3 aromatic rings. The number of benzene rings is 2. The van der Waals surface area contributed by atoms with E-state index in [-0.39, 0.29) is 0 Å². The molecule has 0 saturated carbocycles. The first kappa shape index (κ1) is 22.4. The Labute approximate surface area is 174 Å². The van der Waals surface area contributed by atoms with Crippen LogP contribution in [0.5, 0.6) is 5.75 Å². The van der Waals surface area contributed by atoms with Gasteiger partial charge >= 0.3 is 0 Å². The number of rotatable bonds is 3. The SMILES string of the molecule is COc1c(-c2ccc(Cl)cc2)n(C)[n+](C)c1-c1ccc(Cl)cc1.[O-][Cl+3]([O-])([O-])[O-]. The quantitative estimate of drug-likeness (QED) is 0.514. The minimum absolute atomic E-state index is 0.712. The molecule has 0 saturated heterocycles. The number of hydrogen-bond donors (Lipinski definition) is 0. The van der Waals surface area contributed by atoms with Crippen LogP contribution in [0.1, 0.15) is 0 Å². The van der Waals surface area contributed by atoms with Crippen LogP contribution >= 0.6 is 23.2 Å². The monoisotopic (exact) mass is 446 g/mol. The molecule has 1 aromatic heterocycles. The molecule has 10 heteroatoms. The van der Waals surface area contributed by atoms with Crippen molar-refractivity contribution >= 4 is 23.2 Å². The number of aromatic nitrogens is 2. The van der Waals surface area contributed by atoms with Crippen molar-refractivity contribution in [1.82, 2.24) is 4.68 Å². The van der Waals surface area contributed by atoms with Crippen LogP contribution in [0.2, 0.25) is 10.0 Å². The molecule has 0 spiro atoms. The van der Waals surface area contributed by atoms with Crippen molar-refractivity contribution in [2.75, 3.05) is 7.11 Å². The maximum atomic E-state index is 8.49. The van der Waals surface area contributed by atoms with Gasteiger partial charge in [-0.1, -0.05) is 35.3 Å². The summed E-state index contributed by atoms with van der Waals surface area (Å²) >= 11 is 12.0. The lowest BCUT2D eigenvalue weighted by molar-refractivity contribution is -2.00. The summed E-state index contributed by atoms with van der Waals surface area (Å²) in [7, 11) is 0.756. The Hall–Kier alpha value is -1.84. The van der Waals surface area contributed by atoms with E-state index in [0.29, 0.717) is 10.0 Å². The average Bonchev–Trinajstić information content (AvgIpc) is 2.86. The molecule has 2 aromatic carbocycles. The highest BCUT2D eigenvalue weighted by Gasteiger charge is 2.29. The molecule has 0 fully saturated rings. The molecule has 150 valence electrons. The lowest BCUT2D eigenvalue weighted by atomic mass is 10.1. The number of methoxy groups -OCH3 is 1. The molecule has 7 nitrogen and oxygen atoms in total. The fourth-order valence-corrected chi connectivity index (χ4v) is 3.00. The van der Waals surface area contributed by atoms with Gasteiger partial charge in [-0.05, 0) is 36.4 Å². The second-order valence-corrected chi connectivity index (χ2v) is 7.30. The maximum Gasteiger partial charge on any atom is 0.280 e. The zero-order valence-corrected chi connectivity index (χ0v) is 17.5. The molecule has 0 bridgehead atoms. The molecular formula is C18H17Cl3N2O5. The smallest absolute Gasteiger partial charge is 0.280 e. The first-order chi connectivity index (χ1) is 13.0. The Morgan fingerprint density at radius 2 is 1.25 bits per heavy atom. The van der Waals surface area contributed by atoms with E-state index >= 15 is 0 Å². The molecule has 0 N–H and O–H groups in total. The average molecular weight is 448 g/mol. The summed E-state index contributed by atoms with van der Waals surface area (Å²) in [4.78, 5) is 0. The number of halogens is 3. The minimum atomic E-state index is -4.94. The molecule has 0 aliphatic rings. The highest BCUT2D eigenvalue weighted by molar-refractivity contribution is 6.30. The molecular weight excluding hydrogens is 431 g/mol. The minimum Gasteiger partial charge on any atom is -0.489 e. The van der Waals surface area contributed by atoms with E-state index in [1.54, 1.807) is 7.11 Å². The number of ether oxygens (including phenoxy) is 1. The Morgan fingerprint density at radius 1 is 0.857 bits per heavy atom. The summed E-state index contributed by atoms with van der Waals surface area (Å²) in [6.07, 6.45) is 0. The van der Waals surface area contributed by atoms with E-state index in [4.69, 9.17) is 46.6 Å². The van der Waals surface area contributed by atoms with Crippen LogP contribution in [0.15, 0.2) is 48.5 Å². The summed E-state index contributed by atoms with van der Waals surface area (Å²) in [6.45, 7) is 0. The van der Waals surface area contributed by atoms with Crippen molar-refractivity contribution in [3.63, 3.8) is 0 Å². The van der Waals surface area contributed by atoms with Crippen LogP contribution in [-0.2, 0) is 14.1 Å². The third kappa shape index (κ3) is 5.59. The van der Waals surface area contributed by atoms with Gasteiger partial charge in [-0.15, -0.1) is 14.9 Å². The molecule has 0 aliphatic heterocycles. The predicted molar refractivity (Wildman–Crippen MR) is 94.0 cm³/mol. The highest BCUT2D eigenvalue weighted by atomic mass is 35.7. The van der Waals surface area contributed by atoms with Gasteiger partial charge in [0.15, 0.2) is 12.7 Å². The Kier molecular flexibility index (Phi) is 7.30. The van der Waals surface area contributed by atoms with Crippen LogP contribution in [-0.4, -0.2) is 11.8 Å². The van der Waals surface area contributed by atoms with Crippen molar-refractivity contribution < 1.29 is 38.3 Å². The Bertz CT molecular complexity index is 861. The number of hydrogen-bond acceptors (Lipinski definition) is 5. The topological polar surface area (TPSA) is 110 Å². The van der Waals surface area contributed by atoms with Gasteiger partial charge in [-0.25, -0.2) is 18.6 Å². The van der Waals surface area contributed by atoms with Crippen LogP contribution in [0.25, 0.3) is 22.5 Å². The number of nitrogens with zero attached hydrogens (tertiary/aromatic N) is 2. The lowest BCUT2D eigenvalue weighted by Gasteiger charge is -2.17. The summed E-state index contributed by atoms with van der Waals surface area (Å²) < 4.78 is 43.8. The van der Waals surface area contributed by atoms with Crippen molar-refractivity contribution in [3.8, 4) is 28.3 Å². The fourth-order valence-electron chi connectivity index (χ4n) is 2.75. The molecule has 0 aliphatic carbocycles. The summed E-state index contributed by atoms with van der Waals surface area (Å²) in [5, 5.41) is 1.42. The van der Waals surface area contributed by atoms with Crippen molar-refractivity contribution in [2.45, 2.75) is 0 Å². The van der Waals surface area contributed by atoms with Gasteiger partial charge in [0.25, 0.3) is 5.69 Å². The van der Waals surface area contributed by atoms with Gasteiger partial charge in [0, 0.05) is 15.6 Å². The second-order valence-electron chi connectivity index (χ2n) is 5.67. The molecule has 0 atom stereocenters. The van der Waals surface area contributed by atoms with Crippen molar-refractivity contribution in [2.24, 2.45) is 14.1 Å². The van der Waals surface area contributed by atoms with Crippen molar-refractivity contribution in [1.29, 1.82) is 0 Å². The second kappa shape index (κ2) is 9.11. The molecule has 0 amide bonds. The van der Waals surface area contributed by atoms with Crippen LogP contribution in [0.3, 0.4) is 0 Å². The third-order valence-electron chi connectivity index (χ3n) is 3.97. The Morgan fingerprint density at radius 3 is 1.64 bits per heavy atom. The normalized spacial score (nSPS) is 11.0.